The van der Waals surface area contributed by atoms with Crippen molar-refractivity contribution in [1.29, 1.82) is 0 Å². The molecular weight excluding hydrogens is 262 g/mol. The molecule has 0 atom stereocenters. The van der Waals surface area contributed by atoms with Gasteiger partial charge in [-0.15, -0.1) is 0 Å². The van der Waals surface area contributed by atoms with Crippen molar-refractivity contribution in [1.82, 2.24) is 5.32 Å². The number of rotatable bonds is 5. The fourth-order valence-electron chi connectivity index (χ4n) is 1.94. The molecular formula is C14H19NO5. The van der Waals surface area contributed by atoms with Gasteiger partial charge in [0.1, 0.15) is 13.2 Å². The summed E-state index contributed by atoms with van der Waals surface area (Å²) in [5, 5.41) is 21.4. The summed E-state index contributed by atoms with van der Waals surface area (Å²) < 4.78 is 10.8. The molecule has 0 fully saturated rings. The lowest BCUT2D eigenvalue weighted by Gasteiger charge is -2.29. The molecule has 6 heteroatoms. The van der Waals surface area contributed by atoms with Crippen LogP contribution in [-0.4, -0.2) is 48.1 Å². The highest BCUT2D eigenvalue weighted by Gasteiger charge is 2.29. The molecule has 110 valence electrons. The number of aliphatic hydroxyl groups excluding tert-OH is 2. The summed E-state index contributed by atoms with van der Waals surface area (Å²) in [7, 11) is 0. The minimum Gasteiger partial charge on any atom is -0.486 e. The van der Waals surface area contributed by atoms with E-state index < -0.39 is 5.54 Å². The molecule has 1 heterocycles. The third kappa shape index (κ3) is 2.86. The Balaban J connectivity index is 2.17. The van der Waals surface area contributed by atoms with Crippen LogP contribution in [-0.2, 0) is 0 Å². The van der Waals surface area contributed by atoms with Gasteiger partial charge in [-0.05, 0) is 24.6 Å². The Bertz CT molecular complexity index is 476. The van der Waals surface area contributed by atoms with E-state index in [4.69, 9.17) is 9.47 Å². The Hall–Kier alpha value is -1.79. The molecule has 0 aromatic heterocycles. The summed E-state index contributed by atoms with van der Waals surface area (Å²) >= 11 is 0. The largest absolute Gasteiger partial charge is 0.486 e. The van der Waals surface area contributed by atoms with Crippen molar-refractivity contribution in [3.8, 4) is 11.5 Å². The summed E-state index contributed by atoms with van der Waals surface area (Å²) in [5.41, 5.74) is -0.612. The second-order valence-electron chi connectivity index (χ2n) is 4.76. The van der Waals surface area contributed by atoms with Gasteiger partial charge in [-0.1, -0.05) is 6.92 Å². The number of carbonyl (C=O) groups is 1. The van der Waals surface area contributed by atoms with E-state index in [-0.39, 0.29) is 19.1 Å². The number of hydrogen-bond donors (Lipinski definition) is 3. The van der Waals surface area contributed by atoms with Gasteiger partial charge in [-0.25, -0.2) is 0 Å². The van der Waals surface area contributed by atoms with Crippen molar-refractivity contribution >= 4 is 5.91 Å². The number of aliphatic hydroxyl groups is 2. The maximum Gasteiger partial charge on any atom is 0.252 e. The molecule has 6 nitrogen and oxygen atoms in total. The van der Waals surface area contributed by atoms with E-state index in [9.17, 15) is 15.0 Å². The fourth-order valence-corrected chi connectivity index (χ4v) is 1.94. The van der Waals surface area contributed by atoms with Gasteiger partial charge in [-0.2, -0.15) is 0 Å². The van der Waals surface area contributed by atoms with Crippen LogP contribution in [0.2, 0.25) is 0 Å². The number of hydrogen-bond acceptors (Lipinski definition) is 5. The zero-order valence-electron chi connectivity index (χ0n) is 11.4. The van der Waals surface area contributed by atoms with Gasteiger partial charge >= 0.3 is 0 Å². The highest BCUT2D eigenvalue weighted by Crippen LogP contribution is 2.30. The molecule has 3 N–H and O–H groups in total. The Morgan fingerprint density at radius 3 is 2.50 bits per heavy atom. The highest BCUT2D eigenvalue weighted by atomic mass is 16.6. The molecule has 0 saturated heterocycles. The first-order valence-electron chi connectivity index (χ1n) is 6.58. The molecule has 20 heavy (non-hydrogen) atoms. The van der Waals surface area contributed by atoms with E-state index >= 15 is 0 Å². The van der Waals surface area contributed by atoms with E-state index in [2.05, 4.69) is 5.32 Å². The molecule has 0 saturated carbocycles. The molecule has 0 aliphatic carbocycles. The lowest BCUT2D eigenvalue weighted by Crippen LogP contribution is -2.53. The van der Waals surface area contributed by atoms with Gasteiger partial charge in [0.05, 0.1) is 18.8 Å². The van der Waals surface area contributed by atoms with Gasteiger partial charge in [0.2, 0.25) is 0 Å². The van der Waals surface area contributed by atoms with Crippen LogP contribution < -0.4 is 14.8 Å². The molecule has 0 unspecified atom stereocenters. The Kier molecular flexibility index (Phi) is 4.46. The van der Waals surface area contributed by atoms with Crippen LogP contribution in [0.3, 0.4) is 0 Å². The Morgan fingerprint density at radius 1 is 1.25 bits per heavy atom. The number of ether oxygens (including phenoxy) is 2. The molecule has 0 bridgehead atoms. The van der Waals surface area contributed by atoms with Gasteiger partial charge in [0.15, 0.2) is 11.5 Å². The van der Waals surface area contributed by atoms with E-state index in [0.29, 0.717) is 36.7 Å². The predicted molar refractivity (Wildman–Crippen MR) is 72.1 cm³/mol. The lowest BCUT2D eigenvalue weighted by atomic mass is 9.97. The zero-order chi connectivity index (χ0) is 14.6. The third-order valence-corrected chi connectivity index (χ3v) is 3.47. The number of nitrogens with one attached hydrogen (secondary N) is 1. The van der Waals surface area contributed by atoms with Gasteiger partial charge in [0.25, 0.3) is 5.91 Å². The Morgan fingerprint density at radius 2 is 1.90 bits per heavy atom. The van der Waals surface area contributed by atoms with E-state index in [1.165, 1.54) is 0 Å². The minimum absolute atomic E-state index is 0.323. The minimum atomic E-state index is -1.01. The fraction of sp³-hybridized carbons (Fsp3) is 0.500. The van der Waals surface area contributed by atoms with Crippen LogP contribution in [0.25, 0.3) is 0 Å². The van der Waals surface area contributed by atoms with Crippen LogP contribution >= 0.6 is 0 Å². The summed E-state index contributed by atoms with van der Waals surface area (Å²) in [6.45, 7) is 2.08. The van der Waals surface area contributed by atoms with E-state index in [0.717, 1.165) is 0 Å². The van der Waals surface area contributed by atoms with E-state index in [1.54, 1.807) is 25.1 Å². The van der Waals surface area contributed by atoms with Gasteiger partial charge in [-0.3, -0.25) is 4.79 Å². The number of benzene rings is 1. The second-order valence-corrected chi connectivity index (χ2v) is 4.76. The van der Waals surface area contributed by atoms with Crippen molar-refractivity contribution in [2.24, 2.45) is 0 Å². The van der Waals surface area contributed by atoms with Crippen LogP contribution in [0.1, 0.15) is 23.7 Å². The summed E-state index contributed by atoms with van der Waals surface area (Å²) in [5.74, 6) is 0.768. The van der Waals surface area contributed by atoms with Gasteiger partial charge in [0, 0.05) is 5.56 Å². The average Bonchev–Trinajstić information content (AvgIpc) is 2.52. The highest BCUT2D eigenvalue weighted by molar-refractivity contribution is 5.95. The summed E-state index contributed by atoms with van der Waals surface area (Å²) in [6.07, 6.45) is 0.427. The van der Waals surface area contributed by atoms with Crippen LogP contribution in [0.4, 0.5) is 0 Å². The Labute approximate surface area is 117 Å². The van der Waals surface area contributed by atoms with Crippen molar-refractivity contribution in [2.45, 2.75) is 18.9 Å². The quantitative estimate of drug-likeness (QED) is 0.723. The van der Waals surface area contributed by atoms with Crippen molar-refractivity contribution in [3.63, 3.8) is 0 Å². The first-order valence-corrected chi connectivity index (χ1v) is 6.58. The monoisotopic (exact) mass is 281 g/mol. The zero-order valence-corrected chi connectivity index (χ0v) is 11.4. The molecule has 2 rings (SSSR count). The van der Waals surface area contributed by atoms with Crippen LogP contribution in [0, 0.1) is 0 Å². The molecule has 1 aromatic carbocycles. The molecule has 0 spiro atoms. The molecule has 0 radical (unpaired) electrons. The van der Waals surface area contributed by atoms with Gasteiger partial charge < -0.3 is 25.0 Å². The third-order valence-electron chi connectivity index (χ3n) is 3.47. The normalized spacial score (nSPS) is 13.9. The SMILES string of the molecule is CCC(CO)(CO)NC(=O)c1ccc2c(c1)OCCO2. The maximum absolute atomic E-state index is 12.2. The molecule has 1 aromatic rings. The maximum atomic E-state index is 12.2. The van der Waals surface area contributed by atoms with Crippen molar-refractivity contribution in [3.05, 3.63) is 23.8 Å². The second kappa shape index (κ2) is 6.11. The molecule has 1 amide bonds. The van der Waals surface area contributed by atoms with Crippen molar-refractivity contribution < 1.29 is 24.5 Å². The first-order chi connectivity index (χ1) is 9.64. The predicted octanol–water partition coefficient (Wildman–Crippen LogP) is 0.321. The number of amides is 1. The molecule has 1 aliphatic heterocycles. The molecule has 1 aliphatic rings. The van der Waals surface area contributed by atoms with Crippen LogP contribution in [0.5, 0.6) is 11.5 Å². The number of carbonyl (C=O) groups excluding carboxylic acids is 1. The number of fused-ring (bicyclic) bond motifs is 1. The van der Waals surface area contributed by atoms with Crippen LogP contribution in [0.15, 0.2) is 18.2 Å². The summed E-state index contributed by atoms with van der Waals surface area (Å²) in [4.78, 5) is 12.2. The topological polar surface area (TPSA) is 88.0 Å². The average molecular weight is 281 g/mol. The summed E-state index contributed by atoms with van der Waals surface area (Å²) in [6, 6.07) is 4.89. The first kappa shape index (κ1) is 14.6. The van der Waals surface area contributed by atoms with Crippen molar-refractivity contribution in [2.75, 3.05) is 26.4 Å². The van der Waals surface area contributed by atoms with E-state index in [1.807, 2.05) is 0 Å². The standard InChI is InChI=1S/C14H19NO5/c1-2-14(8-16,9-17)15-13(18)10-3-4-11-12(7-10)20-6-5-19-11/h3-4,7,16-17H,2,5-6,8-9H2,1H3,(H,15,18). The lowest BCUT2D eigenvalue weighted by molar-refractivity contribution is 0.0652. The smallest absolute Gasteiger partial charge is 0.252 e.